The number of anilines is 1. The number of nitrogens with zero attached hydrogens (tertiary/aromatic N) is 4. The summed E-state index contributed by atoms with van der Waals surface area (Å²) in [6, 6.07) is 13.4. The molecule has 1 unspecified atom stereocenters. The predicted octanol–water partition coefficient (Wildman–Crippen LogP) is 2.96. The molecule has 1 atom stereocenters. The van der Waals surface area contributed by atoms with E-state index >= 15 is 0 Å². The van der Waals surface area contributed by atoms with Crippen LogP contribution in [-0.2, 0) is 4.79 Å². The second-order valence-electron chi connectivity index (χ2n) is 6.32. The Morgan fingerprint density at radius 3 is 2.46 bits per heavy atom. The minimum Gasteiger partial charge on any atom is -0.354 e. The average molecular weight is 371 g/mol. The third-order valence-corrected chi connectivity index (χ3v) is 4.39. The van der Waals surface area contributed by atoms with Crippen LogP contribution in [-0.4, -0.2) is 37.7 Å². The third-order valence-electron chi connectivity index (χ3n) is 4.39. The summed E-state index contributed by atoms with van der Waals surface area (Å²) in [6.45, 7) is 1.85. The molecular weight excluding hydrogens is 354 g/mol. The van der Waals surface area contributed by atoms with Gasteiger partial charge in [-0.15, -0.1) is 0 Å². The molecule has 0 aliphatic rings. The normalized spacial score (nSPS) is 11.9. The molecular formula is C21H17N5O2. The number of nitrogens with one attached hydrogen (secondary N) is 1. The highest BCUT2D eigenvalue weighted by Gasteiger charge is 2.20. The van der Waals surface area contributed by atoms with Gasteiger partial charge >= 0.3 is 0 Å². The Bertz CT molecular complexity index is 1140. The van der Waals surface area contributed by atoms with E-state index in [4.69, 9.17) is 0 Å². The largest absolute Gasteiger partial charge is 0.354 e. The van der Waals surface area contributed by atoms with Crippen LogP contribution in [0.15, 0.2) is 67.1 Å². The minimum atomic E-state index is -1.03. The van der Waals surface area contributed by atoms with E-state index in [1.807, 2.05) is 37.3 Å². The molecule has 1 aromatic carbocycles. The zero-order chi connectivity index (χ0) is 19.5. The number of aldehydes is 1. The summed E-state index contributed by atoms with van der Waals surface area (Å²) >= 11 is 0. The van der Waals surface area contributed by atoms with Crippen molar-refractivity contribution in [3.63, 3.8) is 0 Å². The van der Waals surface area contributed by atoms with Gasteiger partial charge in [-0.2, -0.15) is 9.61 Å². The number of rotatable bonds is 6. The van der Waals surface area contributed by atoms with Gasteiger partial charge in [-0.1, -0.05) is 24.3 Å². The van der Waals surface area contributed by atoms with Crippen LogP contribution in [0.3, 0.4) is 0 Å². The summed E-state index contributed by atoms with van der Waals surface area (Å²) in [5.74, 6) is 0.210. The molecule has 0 aliphatic carbocycles. The molecule has 0 fully saturated rings. The van der Waals surface area contributed by atoms with Crippen molar-refractivity contribution in [3.05, 3.63) is 78.4 Å². The zero-order valence-electron chi connectivity index (χ0n) is 15.1. The number of carbonyl (C=O) groups excluding carboxylic acids is 2. The molecule has 1 N–H and O–H groups in total. The highest BCUT2D eigenvalue weighted by molar-refractivity contribution is 6.10. The molecule has 0 saturated carbocycles. The maximum atomic E-state index is 12.8. The topological polar surface area (TPSA) is 89.2 Å². The molecule has 4 aromatic rings. The number of Topliss-reactive ketones (excluding diaryl/α,β-unsaturated/α-hetero) is 1. The van der Waals surface area contributed by atoms with Gasteiger partial charge in [0, 0.05) is 30.2 Å². The third kappa shape index (κ3) is 3.37. The van der Waals surface area contributed by atoms with Gasteiger partial charge in [0.25, 0.3) is 0 Å². The second kappa shape index (κ2) is 7.40. The second-order valence-corrected chi connectivity index (χ2v) is 6.32. The van der Waals surface area contributed by atoms with E-state index in [0.717, 1.165) is 16.8 Å². The molecule has 7 heteroatoms. The number of aryl methyl sites for hydroxylation is 1. The lowest BCUT2D eigenvalue weighted by Gasteiger charge is -2.14. The van der Waals surface area contributed by atoms with Crippen LogP contribution in [0.25, 0.3) is 16.8 Å². The first-order valence-corrected chi connectivity index (χ1v) is 8.73. The lowest BCUT2D eigenvalue weighted by molar-refractivity contribution is -0.107. The Morgan fingerprint density at radius 1 is 1.04 bits per heavy atom. The van der Waals surface area contributed by atoms with Gasteiger partial charge in [-0.3, -0.25) is 9.78 Å². The molecule has 0 spiro atoms. The average Bonchev–Trinajstić information content (AvgIpc) is 3.13. The van der Waals surface area contributed by atoms with Crippen molar-refractivity contribution in [2.45, 2.75) is 13.0 Å². The number of fused-ring (bicyclic) bond motifs is 1. The number of ketones is 1. The highest BCUT2D eigenvalue weighted by Crippen LogP contribution is 2.20. The fraction of sp³-hybridized carbons (Fsp3) is 0.0952. The Labute approximate surface area is 161 Å². The molecule has 138 valence electrons. The van der Waals surface area contributed by atoms with Gasteiger partial charge in [-0.05, 0) is 36.2 Å². The zero-order valence-corrected chi connectivity index (χ0v) is 15.1. The smallest absolute Gasteiger partial charge is 0.192 e. The number of aromatic nitrogens is 4. The van der Waals surface area contributed by atoms with E-state index in [1.54, 1.807) is 41.3 Å². The Balaban J connectivity index is 1.58. The van der Waals surface area contributed by atoms with Gasteiger partial charge in [0.05, 0.1) is 5.69 Å². The minimum absolute atomic E-state index is 0.315. The quantitative estimate of drug-likeness (QED) is 0.318. The molecule has 0 radical (unpaired) electrons. The highest BCUT2D eigenvalue weighted by atomic mass is 16.1. The first kappa shape index (κ1) is 17.5. The number of hydrogen-bond donors (Lipinski definition) is 1. The van der Waals surface area contributed by atoms with E-state index in [1.165, 1.54) is 0 Å². The Hall–Kier alpha value is -3.87. The number of pyridine rings is 1. The van der Waals surface area contributed by atoms with Gasteiger partial charge in [0.2, 0.25) is 0 Å². The lowest BCUT2D eigenvalue weighted by Crippen LogP contribution is -2.32. The van der Waals surface area contributed by atoms with Crippen LogP contribution < -0.4 is 5.32 Å². The van der Waals surface area contributed by atoms with E-state index in [0.29, 0.717) is 23.3 Å². The molecule has 3 aromatic heterocycles. The van der Waals surface area contributed by atoms with Crippen molar-refractivity contribution < 1.29 is 9.59 Å². The van der Waals surface area contributed by atoms with Crippen molar-refractivity contribution in [2.24, 2.45) is 0 Å². The van der Waals surface area contributed by atoms with Crippen molar-refractivity contribution in [2.75, 3.05) is 5.32 Å². The van der Waals surface area contributed by atoms with Crippen LogP contribution in [0, 0.1) is 6.92 Å². The molecule has 0 aliphatic heterocycles. The number of benzene rings is 1. The number of hydrogen-bond acceptors (Lipinski definition) is 6. The maximum absolute atomic E-state index is 12.8. The molecule has 0 bridgehead atoms. The number of carbonyl (C=O) groups is 2. The van der Waals surface area contributed by atoms with Gasteiger partial charge in [0.1, 0.15) is 18.1 Å². The summed E-state index contributed by atoms with van der Waals surface area (Å²) in [5.41, 5.74) is 3.86. The van der Waals surface area contributed by atoms with Gasteiger partial charge in [0.15, 0.2) is 11.4 Å². The van der Waals surface area contributed by atoms with Crippen LogP contribution in [0.4, 0.5) is 5.82 Å². The summed E-state index contributed by atoms with van der Waals surface area (Å²) in [6.07, 6.45) is 5.64. The van der Waals surface area contributed by atoms with Crippen LogP contribution in [0.5, 0.6) is 0 Å². The van der Waals surface area contributed by atoms with Crippen LogP contribution in [0.1, 0.15) is 16.1 Å². The summed E-state index contributed by atoms with van der Waals surface area (Å²) in [5, 5.41) is 7.30. The van der Waals surface area contributed by atoms with Crippen molar-refractivity contribution in [3.8, 4) is 11.1 Å². The monoisotopic (exact) mass is 371 g/mol. The van der Waals surface area contributed by atoms with E-state index in [-0.39, 0.29) is 5.78 Å². The SMILES string of the molecule is Cc1cc2nccc(NC(C=O)C(=O)c3ccc(-c4ccncc4)cc3)n2n1. The van der Waals surface area contributed by atoms with E-state index in [9.17, 15) is 9.59 Å². The molecule has 0 saturated heterocycles. The van der Waals surface area contributed by atoms with Crippen LogP contribution in [0.2, 0.25) is 0 Å². The summed E-state index contributed by atoms with van der Waals surface area (Å²) in [7, 11) is 0. The molecule has 3 heterocycles. The van der Waals surface area contributed by atoms with E-state index < -0.39 is 6.04 Å². The van der Waals surface area contributed by atoms with E-state index in [2.05, 4.69) is 20.4 Å². The standard InChI is InChI=1S/C21H17N5O2/c1-14-12-20-23-11-8-19(26(20)25-14)24-18(13-27)21(28)17-4-2-15(3-5-17)16-6-9-22-10-7-16/h2-13,18,24H,1H3. The maximum Gasteiger partial charge on any atom is 0.192 e. The Kier molecular flexibility index (Phi) is 4.63. The molecule has 4 rings (SSSR count). The first-order valence-electron chi connectivity index (χ1n) is 8.73. The molecule has 28 heavy (non-hydrogen) atoms. The summed E-state index contributed by atoms with van der Waals surface area (Å²) in [4.78, 5) is 32.7. The lowest BCUT2D eigenvalue weighted by atomic mass is 10.0. The molecule has 0 amide bonds. The predicted molar refractivity (Wildman–Crippen MR) is 105 cm³/mol. The fourth-order valence-corrected chi connectivity index (χ4v) is 2.99. The first-order chi connectivity index (χ1) is 13.7. The molecule has 7 nitrogen and oxygen atoms in total. The summed E-state index contributed by atoms with van der Waals surface area (Å²) < 4.78 is 1.58. The van der Waals surface area contributed by atoms with Crippen molar-refractivity contribution in [1.29, 1.82) is 0 Å². The van der Waals surface area contributed by atoms with Crippen LogP contribution >= 0.6 is 0 Å². The fourth-order valence-electron chi connectivity index (χ4n) is 2.99. The van der Waals surface area contributed by atoms with Crippen molar-refractivity contribution in [1.82, 2.24) is 19.6 Å². The van der Waals surface area contributed by atoms with Gasteiger partial charge < -0.3 is 10.1 Å². The van der Waals surface area contributed by atoms with Gasteiger partial charge in [-0.25, -0.2) is 4.98 Å². The van der Waals surface area contributed by atoms with Crippen molar-refractivity contribution >= 4 is 23.5 Å². The Morgan fingerprint density at radius 2 is 1.75 bits per heavy atom.